The van der Waals surface area contributed by atoms with Gasteiger partial charge in [0, 0.05) is 10.9 Å². The van der Waals surface area contributed by atoms with Crippen molar-refractivity contribution in [3.8, 4) is 0 Å². The summed E-state index contributed by atoms with van der Waals surface area (Å²) in [4.78, 5) is 11.6. The van der Waals surface area contributed by atoms with Crippen molar-refractivity contribution in [1.29, 1.82) is 0 Å². The van der Waals surface area contributed by atoms with Crippen molar-refractivity contribution in [2.75, 3.05) is 0 Å². The van der Waals surface area contributed by atoms with Gasteiger partial charge in [-0.25, -0.2) is 0 Å². The van der Waals surface area contributed by atoms with Crippen LogP contribution in [0.4, 0.5) is 0 Å². The maximum atomic E-state index is 11.7. The summed E-state index contributed by atoms with van der Waals surface area (Å²) >= 11 is 6.93. The third-order valence-electron chi connectivity index (χ3n) is 2.56. The molecule has 0 N–H and O–H groups in total. The Morgan fingerprint density at radius 3 is 2.75 bits per heavy atom. The largest absolute Gasteiger partial charge is 0.298 e. The predicted octanol–water partition coefficient (Wildman–Crippen LogP) is 4.43. The van der Waals surface area contributed by atoms with Gasteiger partial charge in [0.15, 0.2) is 0 Å². The van der Waals surface area contributed by atoms with E-state index in [9.17, 15) is 4.79 Å². The van der Waals surface area contributed by atoms with Gasteiger partial charge in [-0.3, -0.25) is 4.79 Å². The van der Waals surface area contributed by atoms with Gasteiger partial charge in [-0.15, -0.1) is 0 Å². The van der Waals surface area contributed by atoms with Gasteiger partial charge in [-0.1, -0.05) is 44.8 Å². The second kappa shape index (κ2) is 6.55. The molecule has 0 radical (unpaired) electrons. The lowest BCUT2D eigenvalue weighted by atomic mass is 10.0. The zero-order chi connectivity index (χ0) is 12.1. The number of carbonyl (C=O) groups excluding carboxylic acids is 1. The Morgan fingerprint density at radius 1 is 1.44 bits per heavy atom. The van der Waals surface area contributed by atoms with E-state index in [2.05, 4.69) is 50.9 Å². The van der Waals surface area contributed by atoms with Crippen LogP contribution in [0.5, 0.6) is 0 Å². The molecule has 3 heteroatoms. The minimum atomic E-state index is -0.0551. The van der Waals surface area contributed by atoms with Crippen LogP contribution in [0.3, 0.4) is 0 Å². The van der Waals surface area contributed by atoms with Gasteiger partial charge in [0.1, 0.15) is 5.78 Å². The Labute approximate surface area is 114 Å². The average molecular weight is 348 g/mol. The molecule has 0 aliphatic heterocycles. The van der Waals surface area contributed by atoms with E-state index in [-0.39, 0.29) is 4.83 Å². The molecule has 0 heterocycles. The molecule has 0 saturated carbocycles. The van der Waals surface area contributed by atoms with Gasteiger partial charge in [0.05, 0.1) is 4.83 Å². The summed E-state index contributed by atoms with van der Waals surface area (Å²) < 4.78 is 1.07. The summed E-state index contributed by atoms with van der Waals surface area (Å²) in [6.07, 6.45) is 2.34. The first-order chi connectivity index (χ1) is 7.54. The number of hydrogen-bond donors (Lipinski definition) is 0. The minimum absolute atomic E-state index is 0.0551. The summed E-state index contributed by atoms with van der Waals surface area (Å²) in [6, 6.07) is 6.18. The summed E-state index contributed by atoms with van der Waals surface area (Å²) in [5, 5.41) is 0. The number of hydrogen-bond acceptors (Lipinski definition) is 1. The van der Waals surface area contributed by atoms with Gasteiger partial charge in [-0.05, 0) is 43.0 Å². The molecule has 0 bridgehead atoms. The van der Waals surface area contributed by atoms with Crippen molar-refractivity contribution >= 4 is 37.6 Å². The van der Waals surface area contributed by atoms with Crippen LogP contribution < -0.4 is 0 Å². The Morgan fingerprint density at radius 2 is 2.12 bits per heavy atom. The Bertz CT molecular complexity index is 374. The lowest BCUT2D eigenvalue weighted by molar-refractivity contribution is -0.118. The van der Waals surface area contributed by atoms with Crippen LogP contribution in [0, 0.1) is 6.92 Å². The van der Waals surface area contributed by atoms with E-state index in [1.54, 1.807) is 0 Å². The molecule has 0 fully saturated rings. The number of alkyl halides is 1. The maximum Gasteiger partial charge on any atom is 0.146 e. The molecule has 1 unspecified atom stereocenters. The highest BCUT2D eigenvalue weighted by atomic mass is 79.9. The fourth-order valence-corrected chi connectivity index (χ4v) is 2.56. The Balaban J connectivity index is 2.72. The van der Waals surface area contributed by atoms with Crippen LogP contribution in [0.15, 0.2) is 22.7 Å². The van der Waals surface area contributed by atoms with Crippen molar-refractivity contribution < 1.29 is 4.79 Å². The third-order valence-corrected chi connectivity index (χ3v) is 3.88. The number of carbonyl (C=O) groups is 1. The van der Waals surface area contributed by atoms with E-state index < -0.39 is 0 Å². The molecule has 0 saturated heterocycles. The number of halogens is 2. The molecule has 1 atom stereocenters. The SMILES string of the molecule is CCCC(=O)C(Br)Cc1cc(Br)ccc1C. The van der Waals surface area contributed by atoms with Crippen LogP contribution in [0.25, 0.3) is 0 Å². The first-order valence-corrected chi connectivity index (χ1v) is 7.17. The van der Waals surface area contributed by atoms with Crippen molar-refractivity contribution in [2.45, 2.75) is 37.9 Å². The van der Waals surface area contributed by atoms with E-state index >= 15 is 0 Å². The monoisotopic (exact) mass is 346 g/mol. The summed E-state index contributed by atoms with van der Waals surface area (Å²) in [7, 11) is 0. The summed E-state index contributed by atoms with van der Waals surface area (Å²) in [5.41, 5.74) is 2.46. The third kappa shape index (κ3) is 4.02. The minimum Gasteiger partial charge on any atom is -0.298 e. The van der Waals surface area contributed by atoms with E-state index in [1.807, 2.05) is 13.0 Å². The van der Waals surface area contributed by atoms with Gasteiger partial charge >= 0.3 is 0 Å². The quantitative estimate of drug-likeness (QED) is 0.720. The first-order valence-electron chi connectivity index (χ1n) is 5.46. The summed E-state index contributed by atoms with van der Waals surface area (Å²) in [6.45, 7) is 4.10. The first kappa shape index (κ1) is 13.9. The Kier molecular flexibility index (Phi) is 5.70. The number of rotatable bonds is 5. The lowest BCUT2D eigenvalue weighted by Gasteiger charge is -2.11. The fraction of sp³-hybridized carbons (Fsp3) is 0.462. The number of ketones is 1. The van der Waals surface area contributed by atoms with Crippen LogP contribution in [-0.2, 0) is 11.2 Å². The topological polar surface area (TPSA) is 17.1 Å². The molecule has 16 heavy (non-hydrogen) atoms. The van der Waals surface area contributed by atoms with Crippen molar-refractivity contribution in [3.05, 3.63) is 33.8 Å². The van der Waals surface area contributed by atoms with Gasteiger partial charge in [-0.2, -0.15) is 0 Å². The Hall–Kier alpha value is -0.150. The molecule has 0 amide bonds. The average Bonchev–Trinajstić information content (AvgIpc) is 2.23. The number of benzene rings is 1. The van der Waals surface area contributed by atoms with Gasteiger partial charge < -0.3 is 0 Å². The number of aryl methyl sites for hydroxylation is 1. The normalized spacial score (nSPS) is 12.5. The lowest BCUT2D eigenvalue weighted by Crippen LogP contribution is -2.16. The number of Topliss-reactive ketones (excluding diaryl/α,β-unsaturated/α-hetero) is 1. The highest BCUT2D eigenvalue weighted by Crippen LogP contribution is 2.20. The molecule has 0 aliphatic rings. The molecule has 0 aromatic heterocycles. The van der Waals surface area contributed by atoms with Gasteiger partial charge in [0.25, 0.3) is 0 Å². The van der Waals surface area contributed by atoms with Crippen LogP contribution >= 0.6 is 31.9 Å². The zero-order valence-corrected chi connectivity index (χ0v) is 12.8. The standard InChI is InChI=1S/C13H16Br2O/c1-3-4-13(16)12(15)8-10-7-11(14)6-5-9(10)2/h5-7,12H,3-4,8H2,1-2H3. The van der Waals surface area contributed by atoms with E-state index in [0.29, 0.717) is 12.2 Å². The molecule has 1 rings (SSSR count). The summed E-state index contributed by atoms with van der Waals surface area (Å²) in [5.74, 6) is 0.293. The van der Waals surface area contributed by atoms with Crippen molar-refractivity contribution in [1.82, 2.24) is 0 Å². The zero-order valence-electron chi connectivity index (χ0n) is 9.59. The van der Waals surface area contributed by atoms with Crippen molar-refractivity contribution in [3.63, 3.8) is 0 Å². The predicted molar refractivity (Wildman–Crippen MR) is 75.2 cm³/mol. The second-order valence-corrected chi connectivity index (χ2v) is 5.98. The molecule has 88 valence electrons. The van der Waals surface area contributed by atoms with Crippen LogP contribution in [0.1, 0.15) is 30.9 Å². The van der Waals surface area contributed by atoms with Crippen LogP contribution in [0.2, 0.25) is 0 Å². The molecule has 1 nitrogen and oxygen atoms in total. The van der Waals surface area contributed by atoms with E-state index in [1.165, 1.54) is 11.1 Å². The van der Waals surface area contributed by atoms with E-state index in [4.69, 9.17) is 0 Å². The molecular weight excluding hydrogens is 332 g/mol. The molecule has 0 aliphatic carbocycles. The van der Waals surface area contributed by atoms with Crippen LogP contribution in [-0.4, -0.2) is 10.6 Å². The second-order valence-electron chi connectivity index (χ2n) is 3.96. The highest BCUT2D eigenvalue weighted by molar-refractivity contribution is 9.10. The molecule has 1 aromatic carbocycles. The van der Waals surface area contributed by atoms with Crippen molar-refractivity contribution in [2.24, 2.45) is 0 Å². The molecule has 0 spiro atoms. The maximum absolute atomic E-state index is 11.7. The van der Waals surface area contributed by atoms with E-state index in [0.717, 1.165) is 17.3 Å². The highest BCUT2D eigenvalue weighted by Gasteiger charge is 2.15. The van der Waals surface area contributed by atoms with Gasteiger partial charge in [0.2, 0.25) is 0 Å². The molecule has 1 aromatic rings. The fourth-order valence-electron chi connectivity index (χ4n) is 1.57. The smallest absolute Gasteiger partial charge is 0.146 e. The molecular formula is C13H16Br2O.